The molecule has 6 nitrogen and oxygen atoms in total. The van der Waals surface area contributed by atoms with Crippen LogP contribution in [0.1, 0.15) is 52.5 Å². The van der Waals surface area contributed by atoms with Gasteiger partial charge >= 0.3 is 11.9 Å². The number of aryl methyl sites for hydroxylation is 1. The van der Waals surface area contributed by atoms with E-state index in [0.29, 0.717) is 22.7 Å². The molecule has 0 bridgehead atoms. The molecular weight excluding hydrogens is 392 g/mol. The molecule has 1 N–H and O–H groups in total. The third-order valence-electron chi connectivity index (χ3n) is 4.70. The molecule has 0 aliphatic carbocycles. The van der Waals surface area contributed by atoms with Gasteiger partial charge in [-0.2, -0.15) is 10.2 Å². The number of unbranched alkanes of at least 4 members (excludes halogenated alkanes) is 2. The molecule has 3 rings (SSSR count). The highest BCUT2D eigenvalue weighted by atomic mass is 16.5. The van der Waals surface area contributed by atoms with Crippen LogP contribution in [0.5, 0.6) is 5.75 Å². The fourth-order valence-corrected chi connectivity index (χ4v) is 2.92. The van der Waals surface area contributed by atoms with Crippen molar-refractivity contribution in [3.05, 3.63) is 89.5 Å². The van der Waals surface area contributed by atoms with Crippen molar-refractivity contribution in [1.29, 1.82) is 0 Å². The number of aromatic carboxylic acids is 1. The minimum absolute atomic E-state index is 0.191. The van der Waals surface area contributed by atoms with Crippen molar-refractivity contribution < 1.29 is 19.4 Å². The molecule has 3 aromatic rings. The van der Waals surface area contributed by atoms with Crippen molar-refractivity contribution in [2.45, 2.75) is 32.6 Å². The van der Waals surface area contributed by atoms with Gasteiger partial charge in [-0.15, -0.1) is 0 Å². The predicted octanol–water partition coefficient (Wildman–Crippen LogP) is 6.75. The Morgan fingerprint density at radius 1 is 0.774 bits per heavy atom. The minimum atomic E-state index is -0.989. The Balaban J connectivity index is 1.56. The lowest BCUT2D eigenvalue weighted by Crippen LogP contribution is -2.08. The average molecular weight is 416 g/mol. The van der Waals surface area contributed by atoms with Gasteiger partial charge in [-0.3, -0.25) is 0 Å². The number of nitrogens with zero attached hydrogens (tertiary/aromatic N) is 2. The second-order valence-electron chi connectivity index (χ2n) is 7.09. The zero-order valence-electron chi connectivity index (χ0n) is 17.3. The molecule has 6 heteroatoms. The summed E-state index contributed by atoms with van der Waals surface area (Å²) in [7, 11) is 0. The number of benzene rings is 3. The summed E-state index contributed by atoms with van der Waals surface area (Å²) in [5, 5.41) is 17.1. The largest absolute Gasteiger partial charge is 0.478 e. The SMILES string of the molecule is CCCCCc1ccc(C(=O)Oc2ccc(N=Nc3ccc(C(=O)O)cc3)cc2)cc1. The second-order valence-corrected chi connectivity index (χ2v) is 7.09. The molecule has 0 aromatic heterocycles. The van der Waals surface area contributed by atoms with Gasteiger partial charge in [0.15, 0.2) is 0 Å². The van der Waals surface area contributed by atoms with E-state index in [1.807, 2.05) is 12.1 Å². The first kappa shape index (κ1) is 21.9. The van der Waals surface area contributed by atoms with E-state index in [-0.39, 0.29) is 5.56 Å². The van der Waals surface area contributed by atoms with Crippen molar-refractivity contribution in [3.8, 4) is 5.75 Å². The molecule has 0 radical (unpaired) electrons. The number of carbonyl (C=O) groups is 2. The van der Waals surface area contributed by atoms with Crippen LogP contribution in [-0.4, -0.2) is 17.0 Å². The molecule has 31 heavy (non-hydrogen) atoms. The molecule has 3 aromatic carbocycles. The monoisotopic (exact) mass is 416 g/mol. The molecule has 0 fully saturated rings. The van der Waals surface area contributed by atoms with Crippen molar-refractivity contribution in [3.63, 3.8) is 0 Å². The summed E-state index contributed by atoms with van der Waals surface area (Å²) in [4.78, 5) is 23.2. The van der Waals surface area contributed by atoms with Crippen molar-refractivity contribution in [2.24, 2.45) is 10.2 Å². The van der Waals surface area contributed by atoms with Gasteiger partial charge in [0, 0.05) is 0 Å². The molecule has 0 heterocycles. The van der Waals surface area contributed by atoms with Gasteiger partial charge in [0.25, 0.3) is 0 Å². The van der Waals surface area contributed by atoms with Crippen LogP contribution < -0.4 is 4.74 Å². The van der Waals surface area contributed by atoms with Crippen molar-refractivity contribution >= 4 is 23.3 Å². The van der Waals surface area contributed by atoms with E-state index in [9.17, 15) is 9.59 Å². The Kier molecular flexibility index (Phi) is 7.65. The van der Waals surface area contributed by atoms with Gasteiger partial charge in [-0.1, -0.05) is 31.9 Å². The van der Waals surface area contributed by atoms with E-state index in [0.717, 1.165) is 12.8 Å². The van der Waals surface area contributed by atoms with Gasteiger partial charge in [0.1, 0.15) is 5.75 Å². The first-order chi connectivity index (χ1) is 15.0. The Morgan fingerprint density at radius 2 is 1.32 bits per heavy atom. The third kappa shape index (κ3) is 6.60. The molecule has 0 aliphatic heterocycles. The summed E-state index contributed by atoms with van der Waals surface area (Å²) in [5.41, 5.74) is 3.04. The summed E-state index contributed by atoms with van der Waals surface area (Å²) in [6.45, 7) is 2.18. The molecule has 0 amide bonds. The highest BCUT2D eigenvalue weighted by Gasteiger charge is 2.09. The van der Waals surface area contributed by atoms with Gasteiger partial charge in [-0.05, 0) is 79.1 Å². The van der Waals surface area contributed by atoms with Crippen molar-refractivity contribution in [1.82, 2.24) is 0 Å². The average Bonchev–Trinajstić information content (AvgIpc) is 2.79. The van der Waals surface area contributed by atoms with Crippen LogP contribution in [0.3, 0.4) is 0 Å². The van der Waals surface area contributed by atoms with E-state index >= 15 is 0 Å². The first-order valence-electron chi connectivity index (χ1n) is 10.2. The number of hydrogen-bond acceptors (Lipinski definition) is 5. The zero-order valence-corrected chi connectivity index (χ0v) is 17.3. The smallest absolute Gasteiger partial charge is 0.343 e. The van der Waals surface area contributed by atoms with E-state index in [2.05, 4.69) is 17.2 Å². The van der Waals surface area contributed by atoms with Crippen LogP contribution in [0.25, 0.3) is 0 Å². The first-order valence-corrected chi connectivity index (χ1v) is 10.2. The van der Waals surface area contributed by atoms with Gasteiger partial charge in [0.2, 0.25) is 0 Å². The van der Waals surface area contributed by atoms with Crippen LogP contribution in [-0.2, 0) is 6.42 Å². The van der Waals surface area contributed by atoms with Crippen LogP contribution >= 0.6 is 0 Å². The topological polar surface area (TPSA) is 88.3 Å². The second kappa shape index (κ2) is 10.8. The van der Waals surface area contributed by atoms with Crippen LogP contribution in [0, 0.1) is 0 Å². The van der Waals surface area contributed by atoms with Crippen LogP contribution in [0.2, 0.25) is 0 Å². The number of carbonyl (C=O) groups excluding carboxylic acids is 1. The number of hydrogen-bond donors (Lipinski definition) is 1. The maximum atomic E-state index is 12.4. The van der Waals surface area contributed by atoms with Crippen LogP contribution in [0.4, 0.5) is 11.4 Å². The molecule has 0 unspecified atom stereocenters. The zero-order chi connectivity index (χ0) is 22.1. The molecular formula is C25H24N2O4. The van der Waals surface area contributed by atoms with E-state index in [4.69, 9.17) is 9.84 Å². The summed E-state index contributed by atoms with van der Waals surface area (Å²) >= 11 is 0. The van der Waals surface area contributed by atoms with E-state index in [1.54, 1.807) is 48.5 Å². The standard InChI is InChI=1S/C25H24N2O4/c1-2-3-4-5-18-6-8-20(9-7-18)25(30)31-23-16-14-22(15-17-23)27-26-21-12-10-19(11-13-21)24(28)29/h6-17H,2-5H2,1H3,(H,28,29). The minimum Gasteiger partial charge on any atom is -0.478 e. The van der Waals surface area contributed by atoms with E-state index < -0.39 is 11.9 Å². The molecule has 158 valence electrons. The third-order valence-corrected chi connectivity index (χ3v) is 4.70. The quantitative estimate of drug-likeness (QED) is 0.181. The number of carboxylic acids is 1. The molecule has 0 saturated heterocycles. The predicted molar refractivity (Wildman–Crippen MR) is 119 cm³/mol. The normalized spacial score (nSPS) is 10.9. The van der Waals surface area contributed by atoms with Gasteiger partial charge in [-0.25, -0.2) is 9.59 Å². The van der Waals surface area contributed by atoms with E-state index in [1.165, 1.54) is 30.5 Å². The number of rotatable bonds is 9. The summed E-state index contributed by atoms with van der Waals surface area (Å²) in [6, 6.07) is 20.3. The Hall–Kier alpha value is -3.80. The Morgan fingerprint density at radius 3 is 1.87 bits per heavy atom. The van der Waals surface area contributed by atoms with Gasteiger partial charge < -0.3 is 9.84 Å². The maximum Gasteiger partial charge on any atom is 0.343 e. The van der Waals surface area contributed by atoms with Crippen LogP contribution in [0.15, 0.2) is 83.0 Å². The highest BCUT2D eigenvalue weighted by Crippen LogP contribution is 2.22. The maximum absolute atomic E-state index is 12.4. The highest BCUT2D eigenvalue weighted by molar-refractivity contribution is 5.91. The Bertz CT molecular complexity index is 1040. The lowest BCUT2D eigenvalue weighted by atomic mass is 10.1. The fraction of sp³-hybridized carbons (Fsp3) is 0.200. The Labute approximate surface area is 181 Å². The van der Waals surface area contributed by atoms with Crippen molar-refractivity contribution in [2.75, 3.05) is 0 Å². The number of esters is 1. The molecule has 0 spiro atoms. The summed E-state index contributed by atoms with van der Waals surface area (Å²) in [6.07, 6.45) is 4.56. The lowest BCUT2D eigenvalue weighted by Gasteiger charge is -2.06. The number of azo groups is 1. The summed E-state index contributed by atoms with van der Waals surface area (Å²) < 4.78 is 5.43. The molecule has 0 atom stereocenters. The molecule has 0 saturated carbocycles. The number of carboxylic acid groups (broad SMARTS) is 1. The summed E-state index contributed by atoms with van der Waals surface area (Å²) in [5.74, 6) is -0.980. The fourth-order valence-electron chi connectivity index (χ4n) is 2.92. The lowest BCUT2D eigenvalue weighted by molar-refractivity contribution is 0.0694. The van der Waals surface area contributed by atoms with Gasteiger partial charge in [0.05, 0.1) is 22.5 Å². The number of ether oxygens (including phenoxy) is 1. The molecule has 0 aliphatic rings.